The van der Waals surface area contributed by atoms with Gasteiger partial charge in [0, 0.05) is 7.05 Å². The highest BCUT2D eigenvalue weighted by Gasteiger charge is 2.18. The molecule has 1 N–H and O–H groups in total. The summed E-state index contributed by atoms with van der Waals surface area (Å²) in [5.74, 6) is 2.19. The zero-order valence-electron chi connectivity index (χ0n) is 16.7. The molecule has 2 aromatic carbocycles. The van der Waals surface area contributed by atoms with Gasteiger partial charge in [-0.25, -0.2) is 0 Å². The third-order valence-corrected chi connectivity index (χ3v) is 5.10. The van der Waals surface area contributed by atoms with Crippen LogP contribution in [0.15, 0.2) is 59.8 Å². The Hall–Kier alpha value is -3.00. The SMILES string of the molecule is CCOc1ccccc1NC(=O)CSc1nnc([C@H](C)Oc2ccccc2)n1C. The van der Waals surface area contributed by atoms with Crippen LogP contribution in [0.4, 0.5) is 5.69 Å². The van der Waals surface area contributed by atoms with Gasteiger partial charge >= 0.3 is 0 Å². The summed E-state index contributed by atoms with van der Waals surface area (Å²) in [6.07, 6.45) is -0.267. The third kappa shape index (κ3) is 5.51. The van der Waals surface area contributed by atoms with Crippen LogP contribution in [-0.4, -0.2) is 33.0 Å². The van der Waals surface area contributed by atoms with Gasteiger partial charge < -0.3 is 19.4 Å². The molecule has 0 saturated heterocycles. The smallest absolute Gasteiger partial charge is 0.234 e. The van der Waals surface area contributed by atoms with Crippen LogP contribution in [0.2, 0.25) is 0 Å². The predicted octanol–water partition coefficient (Wildman–Crippen LogP) is 4.08. The fraction of sp³-hybridized carbons (Fsp3) is 0.286. The molecule has 1 amide bonds. The molecule has 1 heterocycles. The van der Waals surface area contributed by atoms with Crippen molar-refractivity contribution < 1.29 is 14.3 Å². The zero-order valence-corrected chi connectivity index (χ0v) is 17.5. The number of para-hydroxylation sites is 3. The van der Waals surface area contributed by atoms with Crippen molar-refractivity contribution in [2.45, 2.75) is 25.1 Å². The minimum Gasteiger partial charge on any atom is -0.492 e. The van der Waals surface area contributed by atoms with Crippen molar-refractivity contribution in [3.8, 4) is 11.5 Å². The summed E-state index contributed by atoms with van der Waals surface area (Å²) >= 11 is 1.32. The van der Waals surface area contributed by atoms with E-state index >= 15 is 0 Å². The van der Waals surface area contributed by atoms with Crippen LogP contribution >= 0.6 is 11.8 Å². The number of anilines is 1. The molecular formula is C21H24N4O3S. The second-order valence-corrected chi connectivity index (χ2v) is 7.18. The number of carbonyl (C=O) groups is 1. The maximum absolute atomic E-state index is 12.4. The van der Waals surface area contributed by atoms with E-state index in [0.717, 1.165) is 5.75 Å². The molecule has 152 valence electrons. The Labute approximate surface area is 174 Å². The number of thioether (sulfide) groups is 1. The number of amides is 1. The summed E-state index contributed by atoms with van der Waals surface area (Å²) < 4.78 is 13.3. The molecule has 1 atom stereocenters. The summed E-state index contributed by atoms with van der Waals surface area (Å²) in [4.78, 5) is 12.4. The molecule has 0 radical (unpaired) electrons. The maximum atomic E-state index is 12.4. The Bertz CT molecular complexity index is 946. The van der Waals surface area contributed by atoms with Crippen molar-refractivity contribution in [2.24, 2.45) is 7.05 Å². The molecule has 1 aromatic heterocycles. The third-order valence-electron chi connectivity index (χ3n) is 4.08. The molecule has 0 aliphatic rings. The summed E-state index contributed by atoms with van der Waals surface area (Å²) in [5, 5.41) is 12.0. The molecule has 0 unspecified atom stereocenters. The first-order chi connectivity index (χ1) is 14.1. The van der Waals surface area contributed by atoms with Crippen LogP contribution in [0.25, 0.3) is 0 Å². The topological polar surface area (TPSA) is 78.3 Å². The lowest BCUT2D eigenvalue weighted by molar-refractivity contribution is -0.113. The van der Waals surface area contributed by atoms with Crippen molar-refractivity contribution in [3.05, 3.63) is 60.4 Å². The largest absolute Gasteiger partial charge is 0.492 e. The van der Waals surface area contributed by atoms with E-state index in [0.29, 0.717) is 29.0 Å². The average Bonchev–Trinajstić information content (AvgIpc) is 3.09. The van der Waals surface area contributed by atoms with Crippen LogP contribution in [0, 0.1) is 0 Å². The van der Waals surface area contributed by atoms with Gasteiger partial charge in [0.2, 0.25) is 5.91 Å². The second-order valence-electron chi connectivity index (χ2n) is 6.24. The lowest BCUT2D eigenvalue weighted by Gasteiger charge is -2.14. The van der Waals surface area contributed by atoms with Crippen LogP contribution in [0.1, 0.15) is 25.8 Å². The number of nitrogens with one attached hydrogen (secondary N) is 1. The monoisotopic (exact) mass is 412 g/mol. The zero-order chi connectivity index (χ0) is 20.6. The molecule has 0 aliphatic heterocycles. The van der Waals surface area contributed by atoms with E-state index in [2.05, 4.69) is 15.5 Å². The Morgan fingerprint density at radius 2 is 1.86 bits per heavy atom. The van der Waals surface area contributed by atoms with E-state index in [1.807, 2.05) is 80.1 Å². The molecule has 0 bridgehead atoms. The van der Waals surface area contributed by atoms with Gasteiger partial charge in [0.05, 0.1) is 18.0 Å². The number of rotatable bonds is 9. The van der Waals surface area contributed by atoms with Gasteiger partial charge in [0.15, 0.2) is 17.1 Å². The first-order valence-corrected chi connectivity index (χ1v) is 10.3. The first-order valence-electron chi connectivity index (χ1n) is 9.34. The number of aromatic nitrogens is 3. The number of ether oxygens (including phenoxy) is 2. The Balaban J connectivity index is 1.58. The highest BCUT2D eigenvalue weighted by atomic mass is 32.2. The lowest BCUT2D eigenvalue weighted by Crippen LogP contribution is -2.15. The van der Waals surface area contributed by atoms with Crippen LogP contribution in [-0.2, 0) is 11.8 Å². The summed E-state index contributed by atoms with van der Waals surface area (Å²) in [6.45, 7) is 4.36. The molecule has 8 heteroatoms. The van der Waals surface area contributed by atoms with E-state index in [1.54, 1.807) is 0 Å². The summed E-state index contributed by atoms with van der Waals surface area (Å²) in [6, 6.07) is 16.9. The minimum absolute atomic E-state index is 0.139. The number of carbonyl (C=O) groups excluding carboxylic acids is 1. The van der Waals surface area contributed by atoms with Gasteiger partial charge in [0.25, 0.3) is 0 Å². The highest BCUT2D eigenvalue weighted by molar-refractivity contribution is 7.99. The van der Waals surface area contributed by atoms with Crippen molar-refractivity contribution in [3.63, 3.8) is 0 Å². The second kappa shape index (κ2) is 9.97. The molecule has 3 rings (SSSR count). The molecule has 29 heavy (non-hydrogen) atoms. The van der Waals surface area contributed by atoms with Gasteiger partial charge in [0.1, 0.15) is 11.5 Å². The van der Waals surface area contributed by atoms with Gasteiger partial charge in [-0.3, -0.25) is 4.79 Å². The Kier molecular flexibility index (Phi) is 7.13. The van der Waals surface area contributed by atoms with E-state index in [-0.39, 0.29) is 17.8 Å². The first kappa shape index (κ1) is 20.7. The maximum Gasteiger partial charge on any atom is 0.234 e. The molecule has 0 saturated carbocycles. The van der Waals surface area contributed by atoms with E-state index < -0.39 is 0 Å². The number of hydrogen-bond acceptors (Lipinski definition) is 6. The molecule has 7 nitrogen and oxygen atoms in total. The van der Waals surface area contributed by atoms with Crippen LogP contribution in [0.5, 0.6) is 11.5 Å². The predicted molar refractivity (Wildman–Crippen MR) is 113 cm³/mol. The van der Waals surface area contributed by atoms with Crippen molar-refractivity contribution in [1.29, 1.82) is 0 Å². The number of nitrogens with zero attached hydrogens (tertiary/aromatic N) is 3. The van der Waals surface area contributed by atoms with Crippen LogP contribution in [0.3, 0.4) is 0 Å². The minimum atomic E-state index is -0.267. The van der Waals surface area contributed by atoms with E-state index in [1.165, 1.54) is 11.8 Å². The lowest BCUT2D eigenvalue weighted by atomic mass is 10.3. The van der Waals surface area contributed by atoms with Gasteiger partial charge in [-0.15, -0.1) is 10.2 Å². The molecule has 3 aromatic rings. The van der Waals surface area contributed by atoms with Gasteiger partial charge in [-0.2, -0.15) is 0 Å². The quantitative estimate of drug-likeness (QED) is 0.534. The molecule has 0 aliphatic carbocycles. The van der Waals surface area contributed by atoms with E-state index in [9.17, 15) is 4.79 Å². The van der Waals surface area contributed by atoms with Gasteiger partial charge in [-0.1, -0.05) is 42.1 Å². The van der Waals surface area contributed by atoms with Crippen molar-refractivity contribution in [2.75, 3.05) is 17.7 Å². The highest BCUT2D eigenvalue weighted by Crippen LogP contribution is 2.26. The van der Waals surface area contributed by atoms with Gasteiger partial charge in [-0.05, 0) is 38.1 Å². The molecular weight excluding hydrogens is 388 g/mol. The summed E-state index contributed by atoms with van der Waals surface area (Å²) in [5.41, 5.74) is 0.656. The Morgan fingerprint density at radius 1 is 1.14 bits per heavy atom. The van der Waals surface area contributed by atoms with Crippen LogP contribution < -0.4 is 14.8 Å². The summed E-state index contributed by atoms with van der Waals surface area (Å²) in [7, 11) is 1.87. The normalized spacial score (nSPS) is 11.7. The fourth-order valence-corrected chi connectivity index (χ4v) is 3.45. The average molecular weight is 413 g/mol. The standard InChI is InChI=1S/C21H24N4O3S/c1-4-27-18-13-9-8-12-17(18)22-19(26)14-29-21-24-23-20(25(21)3)15(2)28-16-10-6-5-7-11-16/h5-13,15H,4,14H2,1-3H3,(H,22,26)/t15-/m0/s1. The molecule has 0 spiro atoms. The fourth-order valence-electron chi connectivity index (χ4n) is 2.73. The van der Waals surface area contributed by atoms with E-state index in [4.69, 9.17) is 9.47 Å². The van der Waals surface area contributed by atoms with Crippen molar-refractivity contribution >= 4 is 23.4 Å². The number of benzene rings is 2. The number of hydrogen-bond donors (Lipinski definition) is 1. The molecule has 0 fully saturated rings. The Morgan fingerprint density at radius 3 is 2.62 bits per heavy atom. The van der Waals surface area contributed by atoms with Crippen molar-refractivity contribution in [1.82, 2.24) is 14.8 Å².